The van der Waals surface area contributed by atoms with Gasteiger partial charge in [0.1, 0.15) is 18.9 Å². The number of nitrogens with zero attached hydrogens (tertiary/aromatic N) is 3. The van der Waals surface area contributed by atoms with E-state index < -0.39 is 30.1 Å². The molecule has 0 unspecified atom stereocenters. The van der Waals surface area contributed by atoms with Crippen molar-refractivity contribution in [3.63, 3.8) is 0 Å². The van der Waals surface area contributed by atoms with Crippen LogP contribution in [0.25, 0.3) is 0 Å². The van der Waals surface area contributed by atoms with Gasteiger partial charge in [-0.05, 0) is 43.4 Å². The van der Waals surface area contributed by atoms with E-state index in [9.17, 15) is 31.9 Å². The molecule has 162 valence electrons. The Labute approximate surface area is 170 Å². The van der Waals surface area contributed by atoms with Gasteiger partial charge in [0.25, 0.3) is 5.91 Å². The zero-order valence-corrected chi connectivity index (χ0v) is 16.1. The monoisotopic (exact) mass is 427 g/mol. The summed E-state index contributed by atoms with van der Waals surface area (Å²) in [5.74, 6) is -1.27. The summed E-state index contributed by atoms with van der Waals surface area (Å²) in [4.78, 5) is 40.4. The maximum atomic E-state index is 13.2. The second kappa shape index (κ2) is 7.24. The minimum atomic E-state index is -4.64. The molecule has 1 saturated carbocycles. The number of likely N-dealkylation sites (tertiary alicyclic amines) is 1. The first-order chi connectivity index (χ1) is 14.1. The van der Waals surface area contributed by atoms with Crippen LogP contribution in [0.2, 0.25) is 0 Å². The summed E-state index contributed by atoms with van der Waals surface area (Å²) < 4.78 is 51.0. The van der Waals surface area contributed by atoms with Gasteiger partial charge in [-0.15, -0.1) is 0 Å². The number of halogens is 4. The number of carbonyl (C=O) groups excluding carboxylic acids is 3. The van der Waals surface area contributed by atoms with Crippen molar-refractivity contribution in [3.05, 3.63) is 35.6 Å². The van der Waals surface area contributed by atoms with Crippen LogP contribution in [0.5, 0.6) is 0 Å². The highest BCUT2D eigenvalue weighted by atomic mass is 19.4. The molecule has 2 saturated heterocycles. The van der Waals surface area contributed by atoms with Crippen LogP contribution in [0, 0.1) is 5.82 Å². The molecule has 0 N–H and O–H groups in total. The van der Waals surface area contributed by atoms with E-state index in [4.69, 9.17) is 0 Å². The van der Waals surface area contributed by atoms with Crippen LogP contribution in [0.4, 0.5) is 22.4 Å². The fourth-order valence-corrected chi connectivity index (χ4v) is 4.38. The van der Waals surface area contributed by atoms with Crippen LogP contribution >= 0.6 is 0 Å². The number of rotatable bonds is 4. The molecule has 1 aromatic rings. The minimum Gasteiger partial charge on any atom is -0.342 e. The first-order valence-electron chi connectivity index (χ1n) is 9.84. The fourth-order valence-electron chi connectivity index (χ4n) is 4.38. The van der Waals surface area contributed by atoms with Gasteiger partial charge in [0.15, 0.2) is 0 Å². The SMILES string of the molecule is O=C1CN(C2CCN(C(=O)C3(c4ccc(F)cc4)CC3)CC2)C(=O)N1CC(F)(F)F. The van der Waals surface area contributed by atoms with Crippen molar-refractivity contribution in [2.45, 2.75) is 43.3 Å². The maximum Gasteiger partial charge on any atom is 0.406 e. The first kappa shape index (κ1) is 20.6. The Balaban J connectivity index is 1.37. The lowest BCUT2D eigenvalue weighted by atomic mass is 9.92. The summed E-state index contributed by atoms with van der Waals surface area (Å²) in [7, 11) is 0. The van der Waals surface area contributed by atoms with Crippen LogP contribution in [-0.2, 0) is 15.0 Å². The highest BCUT2D eigenvalue weighted by molar-refractivity contribution is 6.02. The molecule has 3 fully saturated rings. The normalized spacial score (nSPS) is 22.1. The third-order valence-electron chi connectivity index (χ3n) is 6.17. The van der Waals surface area contributed by atoms with Crippen molar-refractivity contribution >= 4 is 17.8 Å². The van der Waals surface area contributed by atoms with Gasteiger partial charge in [0.05, 0.1) is 5.41 Å². The highest BCUT2D eigenvalue weighted by Crippen LogP contribution is 2.50. The van der Waals surface area contributed by atoms with Gasteiger partial charge < -0.3 is 9.80 Å². The van der Waals surface area contributed by atoms with Gasteiger partial charge in [0.2, 0.25) is 5.91 Å². The number of benzene rings is 1. The topological polar surface area (TPSA) is 60.9 Å². The molecule has 4 amide bonds. The largest absolute Gasteiger partial charge is 0.406 e. The van der Waals surface area contributed by atoms with Crippen molar-refractivity contribution in [1.29, 1.82) is 0 Å². The standard InChI is InChI=1S/C20H21F4N3O3/c21-14-3-1-13(2-4-14)19(7-8-19)17(29)25-9-5-15(6-10-25)26-11-16(28)27(18(26)30)12-20(22,23)24/h1-4,15H,5-12H2. The minimum absolute atomic E-state index is 0.0462. The molecule has 4 rings (SSSR count). The zero-order valence-electron chi connectivity index (χ0n) is 16.1. The summed E-state index contributed by atoms with van der Waals surface area (Å²) in [6.45, 7) is -1.25. The van der Waals surface area contributed by atoms with Gasteiger partial charge in [-0.1, -0.05) is 12.1 Å². The van der Waals surface area contributed by atoms with Crippen molar-refractivity contribution in [2.75, 3.05) is 26.2 Å². The summed E-state index contributed by atoms with van der Waals surface area (Å²) in [5.41, 5.74) is 0.142. The molecule has 0 radical (unpaired) electrons. The van der Waals surface area contributed by atoms with Gasteiger partial charge in [0, 0.05) is 19.1 Å². The number of urea groups is 1. The quantitative estimate of drug-likeness (QED) is 0.549. The van der Waals surface area contributed by atoms with Gasteiger partial charge in [-0.2, -0.15) is 13.2 Å². The molecule has 6 nitrogen and oxygen atoms in total. The number of alkyl halides is 3. The number of carbonyl (C=O) groups is 3. The predicted molar refractivity (Wildman–Crippen MR) is 96.8 cm³/mol. The maximum absolute atomic E-state index is 13.2. The predicted octanol–water partition coefficient (Wildman–Crippen LogP) is 2.67. The van der Waals surface area contributed by atoms with E-state index in [1.165, 1.54) is 17.0 Å². The lowest BCUT2D eigenvalue weighted by Gasteiger charge is -2.37. The Hall–Kier alpha value is -2.65. The molecule has 1 aliphatic carbocycles. The van der Waals surface area contributed by atoms with Crippen LogP contribution < -0.4 is 0 Å². The second-order valence-corrected chi connectivity index (χ2v) is 8.12. The van der Waals surface area contributed by atoms with E-state index in [-0.39, 0.29) is 29.2 Å². The average Bonchev–Trinajstić information content (AvgIpc) is 3.46. The lowest BCUT2D eigenvalue weighted by Crippen LogP contribution is -2.50. The van der Waals surface area contributed by atoms with E-state index in [1.54, 1.807) is 17.0 Å². The molecule has 0 atom stereocenters. The second-order valence-electron chi connectivity index (χ2n) is 8.12. The van der Waals surface area contributed by atoms with Crippen LogP contribution in [0.15, 0.2) is 24.3 Å². The van der Waals surface area contributed by atoms with Gasteiger partial charge in [-0.25, -0.2) is 9.18 Å². The highest BCUT2D eigenvalue weighted by Gasteiger charge is 2.53. The van der Waals surface area contributed by atoms with E-state index in [0.717, 1.165) is 5.56 Å². The molecule has 2 heterocycles. The number of piperidine rings is 1. The molecule has 0 spiro atoms. The van der Waals surface area contributed by atoms with Crippen molar-refractivity contribution < 1.29 is 31.9 Å². The fraction of sp³-hybridized carbons (Fsp3) is 0.550. The first-order valence-corrected chi connectivity index (χ1v) is 9.84. The molecule has 30 heavy (non-hydrogen) atoms. The number of imide groups is 1. The van der Waals surface area contributed by atoms with Crippen LogP contribution in [0.3, 0.4) is 0 Å². The van der Waals surface area contributed by atoms with E-state index >= 15 is 0 Å². The lowest BCUT2D eigenvalue weighted by molar-refractivity contribution is -0.151. The van der Waals surface area contributed by atoms with Crippen molar-refractivity contribution in [1.82, 2.24) is 14.7 Å². The van der Waals surface area contributed by atoms with Crippen LogP contribution in [-0.4, -0.2) is 70.9 Å². The summed E-state index contributed by atoms with van der Waals surface area (Å²) in [5, 5.41) is 0. The Kier molecular flexibility index (Phi) is 4.98. The molecule has 1 aromatic carbocycles. The Morgan fingerprint density at radius 2 is 1.67 bits per heavy atom. The van der Waals surface area contributed by atoms with E-state index in [0.29, 0.717) is 38.8 Å². The van der Waals surface area contributed by atoms with Crippen molar-refractivity contribution in [3.8, 4) is 0 Å². The van der Waals surface area contributed by atoms with Crippen molar-refractivity contribution in [2.24, 2.45) is 0 Å². The zero-order chi connectivity index (χ0) is 21.7. The van der Waals surface area contributed by atoms with Gasteiger partial charge in [-0.3, -0.25) is 14.5 Å². The number of amides is 4. The summed E-state index contributed by atoms with van der Waals surface area (Å²) in [6.07, 6.45) is -2.49. The molecular formula is C20H21F4N3O3. The molecule has 3 aliphatic rings. The Morgan fingerprint density at radius 1 is 1.07 bits per heavy atom. The molecule has 0 bridgehead atoms. The summed E-state index contributed by atoms with van der Waals surface area (Å²) in [6, 6.07) is 4.60. The third kappa shape index (κ3) is 3.75. The van der Waals surface area contributed by atoms with E-state index in [2.05, 4.69) is 0 Å². The molecule has 2 aliphatic heterocycles. The molecule has 10 heteroatoms. The number of hydrogen-bond donors (Lipinski definition) is 0. The third-order valence-corrected chi connectivity index (χ3v) is 6.17. The van der Waals surface area contributed by atoms with E-state index in [1.807, 2.05) is 0 Å². The Morgan fingerprint density at radius 3 is 2.20 bits per heavy atom. The smallest absolute Gasteiger partial charge is 0.342 e. The average molecular weight is 427 g/mol. The van der Waals surface area contributed by atoms with Gasteiger partial charge >= 0.3 is 12.2 Å². The molecular weight excluding hydrogens is 406 g/mol. The van der Waals surface area contributed by atoms with Crippen LogP contribution in [0.1, 0.15) is 31.2 Å². The number of hydrogen-bond acceptors (Lipinski definition) is 3. The molecule has 0 aromatic heterocycles. The summed E-state index contributed by atoms with van der Waals surface area (Å²) >= 11 is 0. The Bertz CT molecular complexity index is 859.